The van der Waals surface area contributed by atoms with Crippen molar-refractivity contribution in [3.8, 4) is 33.4 Å². The summed E-state index contributed by atoms with van der Waals surface area (Å²) in [6.07, 6.45) is 0. The average Bonchev–Trinajstić information content (AvgIpc) is 3.71. The van der Waals surface area contributed by atoms with Gasteiger partial charge in [-0.25, -0.2) is 0 Å². The maximum Gasteiger partial charge on any atom is 0.0713 e. The van der Waals surface area contributed by atoms with Gasteiger partial charge in [0.1, 0.15) is 0 Å². The van der Waals surface area contributed by atoms with Gasteiger partial charge in [0.15, 0.2) is 0 Å². The molecule has 0 radical (unpaired) electrons. The first-order valence-electron chi connectivity index (χ1n) is 20.0. The Kier molecular flexibility index (Phi) is 7.50. The van der Waals surface area contributed by atoms with E-state index in [9.17, 15) is 0 Å². The lowest BCUT2D eigenvalue weighted by atomic mass is 9.68. The van der Waals surface area contributed by atoms with E-state index in [0.717, 1.165) is 11.4 Å². The van der Waals surface area contributed by atoms with Crippen LogP contribution in [0.1, 0.15) is 47.2 Å². The van der Waals surface area contributed by atoms with Gasteiger partial charge in [-0.3, -0.25) is 0 Å². The molecule has 0 saturated heterocycles. The molecule has 0 N–H and O–H groups in total. The van der Waals surface area contributed by atoms with Crippen molar-refractivity contribution in [3.63, 3.8) is 0 Å². The molecule has 57 heavy (non-hydrogen) atoms. The third-order valence-corrected chi connectivity index (χ3v) is 12.7. The van der Waals surface area contributed by atoms with Gasteiger partial charge in [-0.2, -0.15) is 0 Å². The molecular formula is C56H41N. The highest BCUT2D eigenvalue weighted by molar-refractivity contribution is 6.06. The molecule has 11 rings (SSSR count). The number of hydrogen-bond donors (Lipinski definition) is 0. The monoisotopic (exact) mass is 727 g/mol. The van der Waals surface area contributed by atoms with Crippen LogP contribution >= 0.6 is 0 Å². The lowest BCUT2D eigenvalue weighted by Gasteiger charge is -2.35. The van der Waals surface area contributed by atoms with E-state index in [4.69, 9.17) is 0 Å². The van der Waals surface area contributed by atoms with E-state index >= 15 is 0 Å². The van der Waals surface area contributed by atoms with E-state index in [-0.39, 0.29) is 5.41 Å². The van der Waals surface area contributed by atoms with Crippen LogP contribution in [0, 0.1) is 0 Å². The fourth-order valence-electron chi connectivity index (χ4n) is 10.2. The summed E-state index contributed by atoms with van der Waals surface area (Å²) in [6.45, 7) is 4.78. The second kappa shape index (κ2) is 12.8. The molecule has 0 spiro atoms. The first-order chi connectivity index (χ1) is 28.0. The predicted molar refractivity (Wildman–Crippen MR) is 239 cm³/mol. The van der Waals surface area contributed by atoms with Gasteiger partial charge in [0, 0.05) is 22.4 Å². The summed E-state index contributed by atoms with van der Waals surface area (Å²) >= 11 is 0. The number of anilines is 3. The first-order valence-corrected chi connectivity index (χ1v) is 20.0. The minimum atomic E-state index is -0.456. The van der Waals surface area contributed by atoms with Gasteiger partial charge in [0.05, 0.1) is 11.1 Å². The van der Waals surface area contributed by atoms with Crippen molar-refractivity contribution < 1.29 is 0 Å². The molecule has 0 bridgehead atoms. The minimum Gasteiger partial charge on any atom is -0.310 e. The van der Waals surface area contributed by atoms with Crippen LogP contribution in [0.2, 0.25) is 0 Å². The molecule has 9 aromatic rings. The van der Waals surface area contributed by atoms with Crippen LogP contribution in [0.4, 0.5) is 17.1 Å². The molecule has 0 aliphatic heterocycles. The van der Waals surface area contributed by atoms with Gasteiger partial charge >= 0.3 is 0 Å². The zero-order valence-corrected chi connectivity index (χ0v) is 32.2. The normalized spacial score (nSPS) is 14.1. The molecule has 0 amide bonds. The van der Waals surface area contributed by atoms with Crippen molar-refractivity contribution in [3.05, 3.63) is 246 Å². The summed E-state index contributed by atoms with van der Waals surface area (Å²) in [5, 5.41) is 2.56. The largest absolute Gasteiger partial charge is 0.310 e. The highest BCUT2D eigenvalue weighted by Crippen LogP contribution is 2.58. The summed E-state index contributed by atoms with van der Waals surface area (Å²) in [5.74, 6) is 0. The average molecular weight is 728 g/mol. The van der Waals surface area contributed by atoms with E-state index in [1.165, 1.54) is 83.2 Å². The molecule has 0 unspecified atom stereocenters. The maximum absolute atomic E-state index is 2.49. The molecule has 2 aliphatic carbocycles. The Hall–Kier alpha value is -6.96. The van der Waals surface area contributed by atoms with Gasteiger partial charge in [-0.05, 0) is 102 Å². The molecule has 0 aromatic heterocycles. The maximum atomic E-state index is 2.49. The molecule has 1 nitrogen and oxygen atoms in total. The lowest BCUT2D eigenvalue weighted by molar-refractivity contribution is 0.666. The Bertz CT molecular complexity index is 2910. The van der Waals surface area contributed by atoms with Crippen LogP contribution in [0.5, 0.6) is 0 Å². The fourth-order valence-corrected chi connectivity index (χ4v) is 10.2. The summed E-state index contributed by atoms with van der Waals surface area (Å²) in [6, 6.07) is 78.6. The Labute approximate surface area is 335 Å². The van der Waals surface area contributed by atoms with E-state index < -0.39 is 5.41 Å². The second-order valence-corrected chi connectivity index (χ2v) is 16.0. The van der Waals surface area contributed by atoms with Gasteiger partial charge in [-0.15, -0.1) is 0 Å². The summed E-state index contributed by atoms with van der Waals surface area (Å²) in [5.41, 5.74) is 18.4. The van der Waals surface area contributed by atoms with Crippen LogP contribution in [0.15, 0.2) is 212 Å². The van der Waals surface area contributed by atoms with Crippen molar-refractivity contribution >= 4 is 27.8 Å². The first kappa shape index (κ1) is 33.4. The molecule has 0 atom stereocenters. The van der Waals surface area contributed by atoms with Crippen LogP contribution in [0.3, 0.4) is 0 Å². The zero-order chi connectivity index (χ0) is 38.1. The van der Waals surface area contributed by atoms with Crippen LogP contribution in [0.25, 0.3) is 44.2 Å². The molecule has 9 aromatic carbocycles. The quantitative estimate of drug-likeness (QED) is 0.165. The highest BCUT2D eigenvalue weighted by Gasteiger charge is 2.46. The molecular weight excluding hydrogens is 687 g/mol. The number of fused-ring (bicyclic) bond motifs is 8. The number of hydrogen-bond acceptors (Lipinski definition) is 1. The van der Waals surface area contributed by atoms with Crippen LogP contribution in [-0.4, -0.2) is 0 Å². The Morgan fingerprint density at radius 2 is 0.860 bits per heavy atom. The molecule has 0 saturated carbocycles. The highest BCUT2D eigenvalue weighted by atomic mass is 15.1. The van der Waals surface area contributed by atoms with Gasteiger partial charge in [-0.1, -0.05) is 196 Å². The second-order valence-electron chi connectivity index (χ2n) is 16.0. The van der Waals surface area contributed by atoms with Crippen molar-refractivity contribution in [1.82, 2.24) is 0 Å². The van der Waals surface area contributed by atoms with Crippen molar-refractivity contribution in [2.75, 3.05) is 4.90 Å². The van der Waals surface area contributed by atoms with Crippen molar-refractivity contribution in [1.29, 1.82) is 0 Å². The zero-order valence-electron chi connectivity index (χ0n) is 32.2. The predicted octanol–water partition coefficient (Wildman–Crippen LogP) is 14.6. The van der Waals surface area contributed by atoms with E-state index in [2.05, 4.69) is 231 Å². The summed E-state index contributed by atoms with van der Waals surface area (Å²) < 4.78 is 0. The van der Waals surface area contributed by atoms with Crippen molar-refractivity contribution in [2.24, 2.45) is 0 Å². The fraction of sp³-hybridized carbons (Fsp3) is 0.0714. The molecule has 1 heteroatoms. The van der Waals surface area contributed by atoms with E-state index in [0.29, 0.717) is 0 Å². The van der Waals surface area contributed by atoms with Gasteiger partial charge in [0.2, 0.25) is 0 Å². The Balaban J connectivity index is 1.16. The van der Waals surface area contributed by atoms with Gasteiger partial charge in [0.25, 0.3) is 0 Å². The summed E-state index contributed by atoms with van der Waals surface area (Å²) in [4.78, 5) is 2.49. The van der Waals surface area contributed by atoms with Crippen molar-refractivity contribution in [2.45, 2.75) is 24.7 Å². The molecule has 2 aliphatic rings. The van der Waals surface area contributed by atoms with Gasteiger partial charge < -0.3 is 4.90 Å². The smallest absolute Gasteiger partial charge is 0.0713 e. The minimum absolute atomic E-state index is 0.167. The molecule has 0 heterocycles. The third-order valence-electron chi connectivity index (χ3n) is 12.7. The van der Waals surface area contributed by atoms with E-state index in [1.54, 1.807) is 0 Å². The van der Waals surface area contributed by atoms with Crippen LogP contribution in [-0.2, 0) is 10.8 Å². The number of nitrogens with zero attached hydrogens (tertiary/aromatic N) is 1. The number of rotatable bonds is 6. The number of benzene rings is 9. The lowest BCUT2D eigenvalue weighted by Crippen LogP contribution is -2.28. The SMILES string of the molecule is CC1(C)c2ccccc2-c2c(N(c3ccc(-c4ccccc4)cc3)c3ccc(C4(c5ccccc5)c5ccccc5-c5ccccc54)cc3)cc3ccccc3c21. The Morgan fingerprint density at radius 1 is 0.386 bits per heavy atom. The molecule has 270 valence electrons. The van der Waals surface area contributed by atoms with Crippen LogP contribution < -0.4 is 4.90 Å². The Morgan fingerprint density at radius 3 is 1.51 bits per heavy atom. The molecule has 0 fully saturated rings. The topological polar surface area (TPSA) is 3.24 Å². The third kappa shape index (κ3) is 4.89. The van der Waals surface area contributed by atoms with E-state index in [1.807, 2.05) is 0 Å². The summed E-state index contributed by atoms with van der Waals surface area (Å²) in [7, 11) is 0. The standard InChI is InChI=1S/C56H41N/c1-55(2)49-26-14-13-25-48(49)53-52(37-40-19-9-10-22-45(40)54(53)55)57(43-33-29-39(30-34-43)38-17-5-3-6-18-38)44-35-31-42(32-36-44)56(41-20-7-4-8-21-41)50-27-15-11-23-46(50)47-24-12-16-28-51(47)56/h3-37H,1-2H3.